The first-order valence-electron chi connectivity index (χ1n) is 3.40. The molecular weight excluding hydrogens is 194 g/mol. The van der Waals surface area contributed by atoms with Crippen LogP contribution in [-0.2, 0) is 17.1 Å². The van der Waals surface area contributed by atoms with E-state index in [1.165, 1.54) is 0 Å². The molecule has 0 radical (unpaired) electrons. The van der Waals surface area contributed by atoms with E-state index in [2.05, 4.69) is 4.98 Å². The fraction of sp³-hybridized carbons (Fsp3) is 0. The maximum Gasteiger partial charge on any atom is 0.117 e. The van der Waals surface area contributed by atoms with E-state index in [1.807, 2.05) is 18.2 Å². The Kier molecular flexibility index (Phi) is 2.69. The summed E-state index contributed by atoms with van der Waals surface area (Å²) >= 11 is 0. The first kappa shape index (κ1) is 9.04. The van der Waals surface area contributed by atoms with Crippen LogP contribution in [0.5, 0.6) is 5.75 Å². The zero-order valence-electron chi connectivity index (χ0n) is 6.21. The fourth-order valence-electron chi connectivity index (χ4n) is 1.05. The van der Waals surface area contributed by atoms with Gasteiger partial charge in [0.1, 0.15) is 5.75 Å². The van der Waals surface area contributed by atoms with E-state index in [9.17, 15) is 0 Å². The minimum Gasteiger partial charge on any atom is -0.508 e. The molecule has 12 heavy (non-hydrogen) atoms. The predicted octanol–water partition coefficient (Wildman–Crippen LogP) is 1.94. The van der Waals surface area contributed by atoms with Gasteiger partial charge in [0.25, 0.3) is 0 Å². The van der Waals surface area contributed by atoms with Gasteiger partial charge in [-0.25, -0.2) is 0 Å². The van der Waals surface area contributed by atoms with E-state index in [1.54, 1.807) is 18.3 Å². The van der Waals surface area contributed by atoms with Crippen LogP contribution in [0.4, 0.5) is 0 Å². The molecule has 3 heteroatoms. The summed E-state index contributed by atoms with van der Waals surface area (Å²) in [6.07, 6.45) is 1.71. The first-order chi connectivity index (χ1) is 5.36. The fourth-order valence-corrected chi connectivity index (χ4v) is 1.05. The Morgan fingerprint density at radius 2 is 2.00 bits per heavy atom. The molecule has 0 aliphatic heterocycles. The van der Waals surface area contributed by atoms with Crippen molar-refractivity contribution in [2.24, 2.45) is 0 Å². The Hall–Kier alpha value is -1.05. The van der Waals surface area contributed by atoms with Gasteiger partial charge in [0.2, 0.25) is 0 Å². The minimum absolute atomic E-state index is 0. The number of hydrogen-bond acceptors (Lipinski definition) is 2. The molecule has 0 unspecified atom stereocenters. The second kappa shape index (κ2) is 3.57. The molecule has 0 saturated heterocycles. The van der Waals surface area contributed by atoms with Crippen LogP contribution in [0, 0.1) is 0 Å². The Balaban J connectivity index is 0.000000720. The molecular formula is C9H7FeNO. The van der Waals surface area contributed by atoms with Crippen LogP contribution >= 0.6 is 0 Å². The topological polar surface area (TPSA) is 33.1 Å². The molecule has 0 bridgehead atoms. The molecule has 0 atom stereocenters. The largest absolute Gasteiger partial charge is 0.508 e. The third kappa shape index (κ3) is 1.58. The average molecular weight is 201 g/mol. The third-order valence-corrected chi connectivity index (χ3v) is 1.59. The van der Waals surface area contributed by atoms with Gasteiger partial charge in [-0.3, -0.25) is 4.98 Å². The molecule has 1 N–H and O–H groups in total. The van der Waals surface area contributed by atoms with Crippen LogP contribution in [0.15, 0.2) is 36.5 Å². The minimum atomic E-state index is 0. The Labute approximate surface area is 80.7 Å². The number of nitrogens with zero attached hydrogens (tertiary/aromatic N) is 1. The van der Waals surface area contributed by atoms with Gasteiger partial charge in [0.05, 0.1) is 5.52 Å². The first-order valence-corrected chi connectivity index (χ1v) is 3.40. The standard InChI is InChI=1S/C9H7NO.Fe/c11-8-4-3-7-2-1-5-10-9(7)6-8;/h1-6,11H;. The number of benzene rings is 1. The molecule has 0 amide bonds. The van der Waals surface area contributed by atoms with Crippen molar-refractivity contribution >= 4 is 10.9 Å². The number of fused-ring (bicyclic) bond motifs is 1. The number of aromatic hydroxyl groups is 1. The molecule has 62 valence electrons. The van der Waals surface area contributed by atoms with Crippen LogP contribution in [0.2, 0.25) is 0 Å². The van der Waals surface area contributed by atoms with Crippen LogP contribution in [-0.4, -0.2) is 10.1 Å². The van der Waals surface area contributed by atoms with E-state index in [4.69, 9.17) is 5.11 Å². The molecule has 0 spiro atoms. The van der Waals surface area contributed by atoms with Gasteiger partial charge in [-0.05, 0) is 18.2 Å². The smallest absolute Gasteiger partial charge is 0.117 e. The van der Waals surface area contributed by atoms with Gasteiger partial charge in [-0.1, -0.05) is 6.07 Å². The quantitative estimate of drug-likeness (QED) is 0.660. The average Bonchev–Trinajstić information content (AvgIpc) is 2.04. The van der Waals surface area contributed by atoms with Crippen molar-refractivity contribution in [1.82, 2.24) is 4.98 Å². The number of phenols is 1. The second-order valence-corrected chi connectivity index (χ2v) is 2.38. The van der Waals surface area contributed by atoms with Crippen molar-refractivity contribution in [2.45, 2.75) is 0 Å². The van der Waals surface area contributed by atoms with Crippen molar-refractivity contribution in [3.63, 3.8) is 0 Å². The van der Waals surface area contributed by atoms with Gasteiger partial charge in [-0.15, -0.1) is 0 Å². The monoisotopic (exact) mass is 201 g/mol. The molecule has 0 fully saturated rings. The molecule has 1 aromatic heterocycles. The number of phenolic OH excluding ortho intramolecular Hbond substituents is 1. The van der Waals surface area contributed by atoms with E-state index < -0.39 is 0 Å². The molecule has 1 aromatic carbocycles. The maximum atomic E-state index is 9.09. The summed E-state index contributed by atoms with van der Waals surface area (Å²) in [6, 6.07) is 8.98. The summed E-state index contributed by atoms with van der Waals surface area (Å²) in [7, 11) is 0. The van der Waals surface area contributed by atoms with Gasteiger partial charge in [0, 0.05) is 34.7 Å². The van der Waals surface area contributed by atoms with Crippen molar-refractivity contribution in [3.05, 3.63) is 36.5 Å². The van der Waals surface area contributed by atoms with Crippen molar-refractivity contribution in [3.8, 4) is 5.75 Å². The van der Waals surface area contributed by atoms with Crippen molar-refractivity contribution in [2.75, 3.05) is 0 Å². The zero-order chi connectivity index (χ0) is 7.68. The van der Waals surface area contributed by atoms with E-state index >= 15 is 0 Å². The molecule has 0 aliphatic rings. The Bertz CT molecular complexity index is 389. The van der Waals surface area contributed by atoms with Crippen molar-refractivity contribution < 1.29 is 22.2 Å². The molecule has 2 rings (SSSR count). The molecule has 2 aromatic rings. The molecule has 0 aliphatic carbocycles. The summed E-state index contributed by atoms with van der Waals surface area (Å²) in [5, 5.41) is 10.1. The van der Waals surface area contributed by atoms with Crippen LogP contribution in [0.25, 0.3) is 10.9 Å². The van der Waals surface area contributed by atoms with Crippen LogP contribution in [0.1, 0.15) is 0 Å². The number of hydrogen-bond donors (Lipinski definition) is 1. The van der Waals surface area contributed by atoms with Gasteiger partial charge in [-0.2, -0.15) is 0 Å². The summed E-state index contributed by atoms with van der Waals surface area (Å²) in [5.74, 6) is 0.260. The van der Waals surface area contributed by atoms with E-state index in [0.717, 1.165) is 10.9 Å². The molecule has 1 heterocycles. The van der Waals surface area contributed by atoms with Crippen molar-refractivity contribution in [1.29, 1.82) is 0 Å². The van der Waals surface area contributed by atoms with Crippen LogP contribution in [0.3, 0.4) is 0 Å². The molecule has 0 saturated carbocycles. The maximum absolute atomic E-state index is 9.09. The summed E-state index contributed by atoms with van der Waals surface area (Å²) < 4.78 is 0. The number of aromatic nitrogens is 1. The summed E-state index contributed by atoms with van der Waals surface area (Å²) in [4.78, 5) is 4.08. The van der Waals surface area contributed by atoms with Gasteiger partial charge < -0.3 is 5.11 Å². The number of rotatable bonds is 0. The molecule has 2 nitrogen and oxygen atoms in total. The van der Waals surface area contributed by atoms with E-state index in [-0.39, 0.29) is 22.8 Å². The SMILES string of the molecule is Oc1ccc2cccnc2c1.[Fe]. The van der Waals surface area contributed by atoms with Gasteiger partial charge in [0.15, 0.2) is 0 Å². The second-order valence-electron chi connectivity index (χ2n) is 2.38. The predicted molar refractivity (Wildman–Crippen MR) is 43.4 cm³/mol. The zero-order valence-corrected chi connectivity index (χ0v) is 7.32. The summed E-state index contributed by atoms with van der Waals surface area (Å²) in [5.41, 5.74) is 0.826. The van der Waals surface area contributed by atoms with Crippen LogP contribution < -0.4 is 0 Å². The normalized spacial score (nSPS) is 9.33. The van der Waals surface area contributed by atoms with Gasteiger partial charge >= 0.3 is 0 Å². The van der Waals surface area contributed by atoms with E-state index in [0.29, 0.717) is 0 Å². The Morgan fingerprint density at radius 3 is 2.83 bits per heavy atom. The third-order valence-electron chi connectivity index (χ3n) is 1.59. The summed E-state index contributed by atoms with van der Waals surface area (Å²) in [6.45, 7) is 0. The number of pyridine rings is 1. The Morgan fingerprint density at radius 1 is 1.17 bits per heavy atom.